The molecule has 0 radical (unpaired) electrons. The lowest BCUT2D eigenvalue weighted by atomic mass is 9.89. The Bertz CT molecular complexity index is 713. The Hall–Kier alpha value is -2.21. The smallest absolute Gasteiger partial charge is 0.448 e. The first-order valence-electron chi connectivity index (χ1n) is 6.30. The molecule has 8 heteroatoms. The molecular formula is C14H14NO6P. The number of benzene rings is 1. The molecule has 1 aromatic rings. The molecule has 4 N–H and O–H groups in total. The third kappa shape index (κ3) is 4.14. The number of phenolic OH excluding ortho intramolecular Hbond substituents is 1. The van der Waals surface area contributed by atoms with E-state index in [-0.39, 0.29) is 23.6 Å². The number of carbonyl (C=O) groups is 1. The van der Waals surface area contributed by atoms with E-state index in [1.165, 1.54) is 30.4 Å². The summed E-state index contributed by atoms with van der Waals surface area (Å²) in [4.78, 5) is 30.2. The van der Waals surface area contributed by atoms with Crippen LogP contribution in [0.2, 0.25) is 0 Å². The average Bonchev–Trinajstić information content (AvgIpc) is 2.39. The van der Waals surface area contributed by atoms with Gasteiger partial charge in [-0.05, 0) is 29.8 Å². The summed E-state index contributed by atoms with van der Waals surface area (Å²) in [5, 5.41) is 19.0. The maximum atomic E-state index is 12.3. The molecule has 116 valence electrons. The fraction of sp³-hybridized carbons (Fsp3) is 0.143. The summed E-state index contributed by atoms with van der Waals surface area (Å²) >= 11 is 0. The van der Waals surface area contributed by atoms with Crippen molar-refractivity contribution in [3.05, 3.63) is 53.8 Å². The topological polar surface area (TPSA) is 127 Å². The summed E-state index contributed by atoms with van der Waals surface area (Å²) < 4.78 is 14.2. The zero-order valence-corrected chi connectivity index (χ0v) is 12.2. The van der Waals surface area contributed by atoms with Gasteiger partial charge in [0.25, 0.3) is 0 Å². The number of Topliss-reactive ketones (excluding diaryl/α,β-unsaturated/α-hetero) is 1. The van der Waals surface area contributed by atoms with Gasteiger partial charge in [-0.15, -0.1) is 0 Å². The SMILES string of the molecule is O=C(Cc1ccc(O)cc1)C1C(O)=CC=CC1=NP(=O)(O)O. The van der Waals surface area contributed by atoms with Gasteiger partial charge >= 0.3 is 7.75 Å². The zero-order chi connectivity index (χ0) is 16.3. The van der Waals surface area contributed by atoms with Gasteiger partial charge in [-0.1, -0.05) is 18.2 Å². The van der Waals surface area contributed by atoms with Gasteiger partial charge in [0.1, 0.15) is 17.4 Å². The number of hydrogen-bond acceptors (Lipinski definition) is 4. The molecule has 1 atom stereocenters. The molecule has 0 saturated carbocycles. The van der Waals surface area contributed by atoms with Crippen molar-refractivity contribution in [2.24, 2.45) is 10.7 Å². The Balaban J connectivity index is 2.27. The zero-order valence-electron chi connectivity index (χ0n) is 11.3. The molecule has 0 saturated heterocycles. The van der Waals surface area contributed by atoms with Gasteiger partial charge in [0.2, 0.25) is 0 Å². The lowest BCUT2D eigenvalue weighted by Crippen LogP contribution is -2.28. The third-order valence-corrected chi connectivity index (χ3v) is 3.50. The van der Waals surface area contributed by atoms with E-state index in [1.54, 1.807) is 12.1 Å². The first-order valence-corrected chi connectivity index (χ1v) is 7.86. The van der Waals surface area contributed by atoms with E-state index in [0.29, 0.717) is 5.56 Å². The second-order valence-corrected chi connectivity index (χ2v) is 5.96. The number of nitrogens with zero attached hydrogens (tertiary/aromatic N) is 1. The summed E-state index contributed by atoms with van der Waals surface area (Å²) in [6.45, 7) is 0. The lowest BCUT2D eigenvalue weighted by Gasteiger charge is -2.18. The summed E-state index contributed by atoms with van der Waals surface area (Å²) in [5.41, 5.74) is 0.415. The van der Waals surface area contributed by atoms with Crippen LogP contribution in [0.5, 0.6) is 5.75 Å². The maximum absolute atomic E-state index is 12.3. The highest BCUT2D eigenvalue weighted by atomic mass is 31.2. The van der Waals surface area contributed by atoms with Crippen molar-refractivity contribution in [1.82, 2.24) is 0 Å². The van der Waals surface area contributed by atoms with E-state index in [9.17, 15) is 19.6 Å². The quantitative estimate of drug-likeness (QED) is 0.624. The molecule has 1 aliphatic rings. The Morgan fingerprint density at radius 2 is 1.82 bits per heavy atom. The number of hydrogen-bond donors (Lipinski definition) is 4. The molecule has 0 heterocycles. The molecule has 2 rings (SSSR count). The van der Waals surface area contributed by atoms with Gasteiger partial charge in [0.05, 0.1) is 5.71 Å². The van der Waals surface area contributed by atoms with E-state index in [2.05, 4.69) is 4.76 Å². The van der Waals surface area contributed by atoms with E-state index < -0.39 is 19.4 Å². The number of carbonyl (C=O) groups excluding carboxylic acids is 1. The molecule has 7 nitrogen and oxygen atoms in total. The van der Waals surface area contributed by atoms with Gasteiger partial charge in [0, 0.05) is 6.42 Å². The van der Waals surface area contributed by atoms with Gasteiger partial charge in [-0.25, -0.2) is 4.57 Å². The van der Waals surface area contributed by atoms with Crippen LogP contribution >= 0.6 is 7.75 Å². The molecular weight excluding hydrogens is 309 g/mol. The number of aliphatic hydroxyl groups is 1. The van der Waals surface area contributed by atoms with Gasteiger partial charge in [-0.3, -0.25) is 4.79 Å². The van der Waals surface area contributed by atoms with E-state index in [4.69, 9.17) is 9.79 Å². The Kier molecular flexibility index (Phi) is 4.61. The minimum atomic E-state index is -4.71. The van der Waals surface area contributed by atoms with Crippen LogP contribution in [0.3, 0.4) is 0 Å². The van der Waals surface area contributed by atoms with E-state index >= 15 is 0 Å². The molecule has 0 fully saturated rings. The van der Waals surface area contributed by atoms with Crippen LogP contribution in [-0.4, -0.2) is 31.5 Å². The van der Waals surface area contributed by atoms with Crippen LogP contribution in [0, 0.1) is 5.92 Å². The molecule has 1 aromatic carbocycles. The van der Waals surface area contributed by atoms with Crippen molar-refractivity contribution >= 4 is 19.2 Å². The number of aromatic hydroxyl groups is 1. The number of phenols is 1. The minimum absolute atomic E-state index is 0.0586. The molecule has 0 spiro atoms. The van der Waals surface area contributed by atoms with Crippen molar-refractivity contribution in [1.29, 1.82) is 0 Å². The molecule has 22 heavy (non-hydrogen) atoms. The third-order valence-electron chi connectivity index (χ3n) is 3.01. The van der Waals surface area contributed by atoms with Crippen molar-refractivity contribution in [3.8, 4) is 5.75 Å². The fourth-order valence-corrected chi connectivity index (χ4v) is 2.56. The van der Waals surface area contributed by atoms with Crippen LogP contribution in [0.15, 0.2) is 53.0 Å². The predicted molar refractivity (Wildman–Crippen MR) is 79.6 cm³/mol. The Morgan fingerprint density at radius 1 is 1.18 bits per heavy atom. The molecule has 0 aromatic heterocycles. The molecule has 0 bridgehead atoms. The summed E-state index contributed by atoms with van der Waals surface area (Å²) in [6, 6.07) is 5.94. The standard InChI is InChI=1S/C14H14NO6P/c16-10-6-4-9(5-7-10)8-13(18)14-11(15-22(19,20)21)2-1-3-12(14)17/h1-7,14,16-17H,8H2,(H2,19,20,21). The summed E-state index contributed by atoms with van der Waals surface area (Å²) in [7, 11) is -4.71. The van der Waals surface area contributed by atoms with Gasteiger partial charge < -0.3 is 20.0 Å². The van der Waals surface area contributed by atoms with Crippen molar-refractivity contribution in [2.75, 3.05) is 0 Å². The number of allylic oxidation sites excluding steroid dienone is 4. The lowest BCUT2D eigenvalue weighted by molar-refractivity contribution is -0.120. The minimum Gasteiger partial charge on any atom is -0.511 e. The monoisotopic (exact) mass is 323 g/mol. The van der Waals surface area contributed by atoms with Gasteiger partial charge in [-0.2, -0.15) is 4.76 Å². The highest BCUT2D eigenvalue weighted by Gasteiger charge is 2.30. The van der Waals surface area contributed by atoms with Crippen LogP contribution < -0.4 is 0 Å². The molecule has 1 unspecified atom stereocenters. The van der Waals surface area contributed by atoms with Crippen molar-refractivity contribution in [2.45, 2.75) is 6.42 Å². The van der Waals surface area contributed by atoms with Gasteiger partial charge in [0.15, 0.2) is 5.78 Å². The second-order valence-electron chi connectivity index (χ2n) is 4.73. The highest BCUT2D eigenvalue weighted by molar-refractivity contribution is 7.50. The Labute approximate surface area is 126 Å². The fourth-order valence-electron chi connectivity index (χ4n) is 2.08. The predicted octanol–water partition coefficient (Wildman–Crippen LogP) is 1.67. The van der Waals surface area contributed by atoms with Crippen LogP contribution in [0.4, 0.5) is 0 Å². The van der Waals surface area contributed by atoms with Crippen molar-refractivity contribution in [3.63, 3.8) is 0 Å². The molecule has 0 amide bonds. The van der Waals surface area contributed by atoms with E-state index in [0.717, 1.165) is 0 Å². The largest absolute Gasteiger partial charge is 0.511 e. The first kappa shape index (κ1) is 16.2. The molecule has 1 aliphatic carbocycles. The van der Waals surface area contributed by atoms with Crippen LogP contribution in [-0.2, 0) is 15.8 Å². The highest BCUT2D eigenvalue weighted by Crippen LogP contribution is 2.38. The number of rotatable bonds is 4. The van der Waals surface area contributed by atoms with Crippen LogP contribution in [0.1, 0.15) is 5.56 Å². The number of aliphatic hydroxyl groups excluding tert-OH is 1. The normalized spacial score (nSPS) is 20.0. The molecule has 0 aliphatic heterocycles. The number of ketones is 1. The summed E-state index contributed by atoms with van der Waals surface area (Å²) in [6.07, 6.45) is 3.83. The Morgan fingerprint density at radius 3 is 2.41 bits per heavy atom. The maximum Gasteiger partial charge on any atom is 0.448 e. The average molecular weight is 323 g/mol. The van der Waals surface area contributed by atoms with Crippen molar-refractivity contribution < 1.29 is 29.4 Å². The van der Waals surface area contributed by atoms with Crippen LogP contribution in [0.25, 0.3) is 0 Å². The van der Waals surface area contributed by atoms with E-state index in [1.807, 2.05) is 0 Å². The second kappa shape index (κ2) is 6.27. The summed E-state index contributed by atoms with van der Waals surface area (Å²) in [5.74, 6) is -1.94. The first-order chi connectivity index (χ1) is 10.3.